The van der Waals surface area contributed by atoms with Gasteiger partial charge in [-0.15, -0.1) is 0 Å². The highest BCUT2D eigenvalue weighted by Gasteiger charge is 2.45. The number of likely N-dealkylation sites (tertiary alicyclic amines) is 1. The third-order valence-electron chi connectivity index (χ3n) is 5.21. The maximum absolute atomic E-state index is 12.7. The van der Waals surface area contributed by atoms with Crippen LogP contribution in [0, 0.1) is 0 Å². The molecule has 6 heteroatoms. The molecule has 2 heterocycles. The lowest BCUT2D eigenvalue weighted by Crippen LogP contribution is -2.60. The van der Waals surface area contributed by atoms with Crippen LogP contribution in [0.2, 0.25) is 0 Å². The Morgan fingerprint density at radius 2 is 1.88 bits per heavy atom. The Morgan fingerprint density at radius 3 is 2.46 bits per heavy atom. The molecule has 0 unspecified atom stereocenters. The topological polar surface area (TPSA) is 64.7 Å². The second kappa shape index (κ2) is 6.43. The van der Waals surface area contributed by atoms with Gasteiger partial charge < -0.3 is 15.5 Å². The number of nitrogens with one attached hydrogen (secondary N) is 2. The number of carbonyl (C=O) groups excluding carboxylic acids is 2. The van der Waals surface area contributed by atoms with Gasteiger partial charge in [0.25, 0.3) is 0 Å². The standard InChI is InChI=1S/C18H26N4O2/c1-4-15(21(2)3)16(23)22-11-9-18(10-12-22)17(24)19-13-7-5-6-8-14(13)20-18/h5-8,15,20H,4,9-12H2,1-3H3,(H,19,24)/t15-/m0/s1. The van der Waals surface area contributed by atoms with E-state index in [1.807, 2.05) is 55.1 Å². The Hall–Kier alpha value is -2.08. The third-order valence-corrected chi connectivity index (χ3v) is 5.21. The molecule has 1 aromatic carbocycles. The van der Waals surface area contributed by atoms with Gasteiger partial charge in [0.05, 0.1) is 17.4 Å². The number of hydrogen-bond acceptors (Lipinski definition) is 4. The lowest BCUT2D eigenvalue weighted by atomic mass is 9.84. The Balaban J connectivity index is 1.71. The molecular weight excluding hydrogens is 304 g/mol. The monoisotopic (exact) mass is 330 g/mol. The fourth-order valence-electron chi connectivity index (χ4n) is 3.69. The number of benzene rings is 1. The van der Waals surface area contributed by atoms with Crippen LogP contribution in [0.4, 0.5) is 11.4 Å². The number of nitrogens with zero attached hydrogens (tertiary/aromatic N) is 2. The molecular formula is C18H26N4O2. The average molecular weight is 330 g/mol. The van der Waals surface area contributed by atoms with Crippen LogP contribution >= 0.6 is 0 Å². The summed E-state index contributed by atoms with van der Waals surface area (Å²) in [5, 5.41) is 6.43. The number of para-hydroxylation sites is 2. The number of fused-ring (bicyclic) bond motifs is 1. The van der Waals surface area contributed by atoms with Crippen molar-refractivity contribution in [3.05, 3.63) is 24.3 Å². The lowest BCUT2D eigenvalue weighted by Gasteiger charge is -2.45. The van der Waals surface area contributed by atoms with Gasteiger partial charge in [0.2, 0.25) is 11.8 Å². The molecule has 2 amide bonds. The van der Waals surface area contributed by atoms with Crippen LogP contribution < -0.4 is 10.6 Å². The van der Waals surface area contributed by atoms with E-state index in [0.29, 0.717) is 25.9 Å². The molecule has 2 aliphatic heterocycles. The fourth-order valence-corrected chi connectivity index (χ4v) is 3.69. The first kappa shape index (κ1) is 16.8. The number of rotatable bonds is 3. The van der Waals surface area contributed by atoms with Crippen LogP contribution in [0.1, 0.15) is 26.2 Å². The average Bonchev–Trinajstić information content (AvgIpc) is 2.57. The summed E-state index contributed by atoms with van der Waals surface area (Å²) in [7, 11) is 3.87. The molecule has 1 fully saturated rings. The maximum atomic E-state index is 12.7. The summed E-state index contributed by atoms with van der Waals surface area (Å²) in [4.78, 5) is 29.2. The molecule has 0 aromatic heterocycles. The third kappa shape index (κ3) is 2.86. The van der Waals surface area contributed by atoms with Crippen LogP contribution in [-0.2, 0) is 9.59 Å². The first-order valence-corrected chi connectivity index (χ1v) is 8.61. The van der Waals surface area contributed by atoms with Gasteiger partial charge in [-0.1, -0.05) is 19.1 Å². The zero-order valence-corrected chi connectivity index (χ0v) is 14.6. The van der Waals surface area contributed by atoms with Crippen LogP contribution in [0.3, 0.4) is 0 Å². The van der Waals surface area contributed by atoms with Crippen molar-refractivity contribution < 1.29 is 9.59 Å². The number of carbonyl (C=O) groups is 2. The highest BCUT2D eigenvalue weighted by atomic mass is 16.2. The molecule has 0 radical (unpaired) electrons. The van der Waals surface area contributed by atoms with E-state index in [4.69, 9.17) is 0 Å². The molecule has 6 nitrogen and oxygen atoms in total. The van der Waals surface area contributed by atoms with Gasteiger partial charge in [-0.2, -0.15) is 0 Å². The van der Waals surface area contributed by atoms with Crippen molar-refractivity contribution in [1.82, 2.24) is 9.80 Å². The number of hydrogen-bond donors (Lipinski definition) is 2. The van der Waals surface area contributed by atoms with Gasteiger partial charge in [0.1, 0.15) is 5.54 Å². The molecule has 0 aliphatic carbocycles. The Labute approximate surface area is 143 Å². The summed E-state index contributed by atoms with van der Waals surface area (Å²) >= 11 is 0. The number of amides is 2. The van der Waals surface area contributed by atoms with Crippen molar-refractivity contribution in [1.29, 1.82) is 0 Å². The zero-order chi connectivity index (χ0) is 17.3. The van der Waals surface area contributed by atoms with E-state index in [9.17, 15) is 9.59 Å². The van der Waals surface area contributed by atoms with Crippen LogP contribution in [0.15, 0.2) is 24.3 Å². The lowest BCUT2D eigenvalue weighted by molar-refractivity contribution is -0.139. The summed E-state index contributed by atoms with van der Waals surface area (Å²) in [5.41, 5.74) is 1.17. The molecule has 24 heavy (non-hydrogen) atoms. The molecule has 3 rings (SSSR count). The predicted molar refractivity (Wildman–Crippen MR) is 95.0 cm³/mol. The van der Waals surface area contributed by atoms with E-state index in [0.717, 1.165) is 17.8 Å². The van der Waals surface area contributed by atoms with Gasteiger partial charge >= 0.3 is 0 Å². The van der Waals surface area contributed by atoms with Crippen LogP contribution in [-0.4, -0.2) is 60.4 Å². The Kier molecular flexibility index (Phi) is 4.49. The smallest absolute Gasteiger partial charge is 0.250 e. The summed E-state index contributed by atoms with van der Waals surface area (Å²) in [6, 6.07) is 7.65. The molecule has 0 bridgehead atoms. The molecule has 2 aliphatic rings. The molecule has 1 saturated heterocycles. The van der Waals surface area contributed by atoms with Crippen LogP contribution in [0.25, 0.3) is 0 Å². The number of piperidine rings is 1. The van der Waals surface area contributed by atoms with Gasteiger partial charge in [-0.25, -0.2) is 0 Å². The van der Waals surface area contributed by atoms with Crippen molar-refractivity contribution in [2.45, 2.75) is 37.8 Å². The first-order chi connectivity index (χ1) is 11.5. The number of anilines is 2. The minimum Gasteiger partial charge on any atom is -0.369 e. The van der Waals surface area contributed by atoms with Gasteiger partial charge in [-0.05, 0) is 45.5 Å². The van der Waals surface area contributed by atoms with Gasteiger partial charge in [-0.3, -0.25) is 14.5 Å². The van der Waals surface area contributed by atoms with E-state index >= 15 is 0 Å². The second-order valence-corrected chi connectivity index (χ2v) is 6.92. The largest absolute Gasteiger partial charge is 0.369 e. The minimum atomic E-state index is -0.606. The summed E-state index contributed by atoms with van der Waals surface area (Å²) in [5.74, 6) is 0.168. The normalized spacial score (nSPS) is 20.3. The fraction of sp³-hybridized carbons (Fsp3) is 0.556. The molecule has 0 saturated carbocycles. The van der Waals surface area contributed by atoms with Crippen molar-refractivity contribution in [3.8, 4) is 0 Å². The van der Waals surface area contributed by atoms with E-state index in [1.54, 1.807) is 0 Å². The summed E-state index contributed by atoms with van der Waals surface area (Å²) < 4.78 is 0. The Morgan fingerprint density at radius 1 is 1.25 bits per heavy atom. The number of likely N-dealkylation sites (N-methyl/N-ethyl adjacent to an activating group) is 1. The van der Waals surface area contributed by atoms with Crippen molar-refractivity contribution in [2.24, 2.45) is 0 Å². The van der Waals surface area contributed by atoms with Crippen molar-refractivity contribution in [2.75, 3.05) is 37.8 Å². The van der Waals surface area contributed by atoms with Crippen molar-refractivity contribution >= 4 is 23.2 Å². The SMILES string of the molecule is CC[C@@H](C(=O)N1CCC2(CC1)Nc1ccccc1NC2=O)N(C)C. The predicted octanol–water partition coefficient (Wildman–Crippen LogP) is 1.75. The van der Waals surface area contributed by atoms with E-state index < -0.39 is 5.54 Å². The first-order valence-electron chi connectivity index (χ1n) is 8.61. The van der Waals surface area contributed by atoms with E-state index in [1.165, 1.54) is 0 Å². The van der Waals surface area contributed by atoms with Gasteiger partial charge in [0, 0.05) is 13.1 Å². The maximum Gasteiger partial charge on any atom is 0.250 e. The quantitative estimate of drug-likeness (QED) is 0.886. The van der Waals surface area contributed by atoms with Crippen molar-refractivity contribution in [3.63, 3.8) is 0 Å². The second-order valence-electron chi connectivity index (χ2n) is 6.92. The molecule has 1 aromatic rings. The minimum absolute atomic E-state index is 0.00736. The highest BCUT2D eigenvalue weighted by molar-refractivity contribution is 6.06. The molecule has 1 atom stereocenters. The van der Waals surface area contributed by atoms with E-state index in [2.05, 4.69) is 10.6 Å². The molecule has 2 N–H and O–H groups in total. The highest BCUT2D eigenvalue weighted by Crippen LogP contribution is 2.36. The summed E-state index contributed by atoms with van der Waals surface area (Å²) in [6.07, 6.45) is 2.05. The van der Waals surface area contributed by atoms with Crippen LogP contribution in [0.5, 0.6) is 0 Å². The molecule has 130 valence electrons. The summed E-state index contributed by atoms with van der Waals surface area (Å²) in [6.45, 7) is 3.23. The van der Waals surface area contributed by atoms with Gasteiger partial charge in [0.15, 0.2) is 0 Å². The van der Waals surface area contributed by atoms with E-state index in [-0.39, 0.29) is 17.9 Å². The Bertz CT molecular complexity index is 636. The molecule has 1 spiro atoms. The zero-order valence-electron chi connectivity index (χ0n) is 14.6.